The maximum absolute atomic E-state index is 11.4. The Morgan fingerprint density at radius 1 is 1.05 bits per heavy atom. The van der Waals surface area contributed by atoms with Crippen molar-refractivity contribution in [1.29, 1.82) is 0 Å². The predicted octanol–water partition coefficient (Wildman–Crippen LogP) is 3.99. The molecule has 0 atom stereocenters. The second-order valence-electron chi connectivity index (χ2n) is 3.80. The van der Waals surface area contributed by atoms with E-state index in [4.69, 9.17) is 4.74 Å². The first-order valence-electron chi connectivity index (χ1n) is 5.73. The Morgan fingerprint density at radius 3 is 2.42 bits per heavy atom. The molecule has 0 fully saturated rings. The molecule has 2 aromatic rings. The van der Waals surface area contributed by atoms with Crippen LogP contribution in [0.3, 0.4) is 0 Å². The number of carbonyl (C=O) groups excluding carboxylic acids is 1. The average molecular weight is 274 g/mol. The van der Waals surface area contributed by atoms with Crippen molar-refractivity contribution in [2.24, 2.45) is 0 Å². The fourth-order valence-electron chi connectivity index (χ4n) is 1.58. The van der Waals surface area contributed by atoms with Gasteiger partial charge >= 0.3 is 5.97 Å². The molecule has 0 saturated carbocycles. The zero-order valence-electron chi connectivity index (χ0n) is 10.8. The van der Waals surface area contributed by atoms with Gasteiger partial charge in [0.25, 0.3) is 0 Å². The van der Waals surface area contributed by atoms with Crippen LogP contribution in [0.5, 0.6) is 11.5 Å². The van der Waals surface area contributed by atoms with Gasteiger partial charge in [-0.25, -0.2) is 4.79 Å². The van der Waals surface area contributed by atoms with Crippen LogP contribution in [0.25, 0.3) is 0 Å². The summed E-state index contributed by atoms with van der Waals surface area (Å²) in [5, 5.41) is 0. The minimum atomic E-state index is -0.372. The second-order valence-corrected chi connectivity index (χ2v) is 4.68. The van der Waals surface area contributed by atoms with Gasteiger partial charge in [-0.3, -0.25) is 0 Å². The van der Waals surface area contributed by atoms with Gasteiger partial charge in [0, 0.05) is 4.90 Å². The van der Waals surface area contributed by atoms with E-state index in [9.17, 15) is 4.79 Å². The van der Waals surface area contributed by atoms with Crippen LogP contribution in [0.2, 0.25) is 0 Å². The number of hydrogen-bond acceptors (Lipinski definition) is 4. The van der Waals surface area contributed by atoms with Gasteiger partial charge in [0.2, 0.25) is 0 Å². The fraction of sp³-hybridized carbons (Fsp3) is 0.133. The summed E-state index contributed by atoms with van der Waals surface area (Å²) < 4.78 is 10.4. The van der Waals surface area contributed by atoms with Gasteiger partial charge in [-0.1, -0.05) is 6.07 Å². The van der Waals surface area contributed by atoms with Crippen LogP contribution in [-0.2, 0) is 4.74 Å². The molecule has 19 heavy (non-hydrogen) atoms. The summed E-state index contributed by atoms with van der Waals surface area (Å²) in [5.41, 5.74) is 0.473. The van der Waals surface area contributed by atoms with E-state index < -0.39 is 0 Å². The van der Waals surface area contributed by atoms with Crippen LogP contribution in [0.4, 0.5) is 0 Å². The Balaban J connectivity index is 2.16. The van der Waals surface area contributed by atoms with E-state index in [1.54, 1.807) is 36.0 Å². The molecule has 0 radical (unpaired) electrons. The fourth-order valence-corrected chi connectivity index (χ4v) is 1.99. The van der Waals surface area contributed by atoms with Crippen molar-refractivity contribution in [2.75, 3.05) is 13.4 Å². The summed E-state index contributed by atoms with van der Waals surface area (Å²) in [6.07, 6.45) is 2.02. The maximum atomic E-state index is 11.4. The number of ether oxygens (including phenoxy) is 2. The van der Waals surface area contributed by atoms with Crippen molar-refractivity contribution in [1.82, 2.24) is 0 Å². The van der Waals surface area contributed by atoms with Gasteiger partial charge in [-0.2, -0.15) is 0 Å². The Kier molecular flexibility index (Phi) is 4.47. The number of esters is 1. The largest absolute Gasteiger partial charge is 0.465 e. The highest BCUT2D eigenvalue weighted by atomic mass is 32.2. The van der Waals surface area contributed by atoms with Gasteiger partial charge < -0.3 is 9.47 Å². The van der Waals surface area contributed by atoms with E-state index in [0.717, 1.165) is 5.75 Å². The number of methoxy groups -OCH3 is 1. The van der Waals surface area contributed by atoms with Crippen LogP contribution in [0, 0.1) is 0 Å². The minimum Gasteiger partial charge on any atom is -0.465 e. The monoisotopic (exact) mass is 274 g/mol. The number of hydrogen-bond donors (Lipinski definition) is 0. The molecule has 0 aromatic heterocycles. The van der Waals surface area contributed by atoms with Gasteiger partial charge in [0.05, 0.1) is 12.7 Å². The molecule has 0 aliphatic heterocycles. The SMILES string of the molecule is COC(=O)c1cccc(Oc2ccc(SC)cc2)c1. The zero-order chi connectivity index (χ0) is 13.7. The van der Waals surface area contributed by atoms with Crippen LogP contribution in [-0.4, -0.2) is 19.3 Å². The highest BCUT2D eigenvalue weighted by molar-refractivity contribution is 7.98. The standard InChI is InChI=1S/C15H14O3S/c1-17-15(16)11-4-3-5-13(10-11)18-12-6-8-14(19-2)9-7-12/h3-10H,1-2H3. The predicted molar refractivity (Wildman–Crippen MR) is 76.1 cm³/mol. The highest BCUT2D eigenvalue weighted by Crippen LogP contribution is 2.25. The summed E-state index contributed by atoms with van der Waals surface area (Å²) in [6, 6.07) is 14.7. The third kappa shape index (κ3) is 3.51. The molecule has 2 rings (SSSR count). The maximum Gasteiger partial charge on any atom is 0.337 e. The second kappa shape index (κ2) is 6.29. The molecule has 2 aromatic carbocycles. The lowest BCUT2D eigenvalue weighted by Crippen LogP contribution is -2.00. The molecular formula is C15H14O3S. The lowest BCUT2D eigenvalue weighted by Gasteiger charge is -2.07. The molecule has 3 nitrogen and oxygen atoms in total. The van der Waals surface area contributed by atoms with Gasteiger partial charge in [0.15, 0.2) is 0 Å². The number of carbonyl (C=O) groups is 1. The molecule has 0 heterocycles. The van der Waals surface area contributed by atoms with Crippen molar-refractivity contribution in [2.45, 2.75) is 4.90 Å². The van der Waals surface area contributed by atoms with Crippen molar-refractivity contribution in [3.63, 3.8) is 0 Å². The van der Waals surface area contributed by atoms with Crippen LogP contribution in [0.1, 0.15) is 10.4 Å². The average Bonchev–Trinajstić information content (AvgIpc) is 2.47. The Labute approximate surface area is 116 Å². The van der Waals surface area contributed by atoms with Crippen molar-refractivity contribution in [3.05, 3.63) is 54.1 Å². The normalized spacial score (nSPS) is 10.0. The molecular weight excluding hydrogens is 260 g/mol. The van der Waals surface area contributed by atoms with E-state index in [0.29, 0.717) is 11.3 Å². The van der Waals surface area contributed by atoms with Gasteiger partial charge in [0.1, 0.15) is 11.5 Å². The molecule has 0 saturated heterocycles. The summed E-state index contributed by atoms with van der Waals surface area (Å²) in [4.78, 5) is 12.6. The first-order valence-corrected chi connectivity index (χ1v) is 6.95. The lowest BCUT2D eigenvalue weighted by molar-refractivity contribution is 0.0600. The molecule has 0 aliphatic carbocycles. The summed E-state index contributed by atoms with van der Waals surface area (Å²) in [5.74, 6) is 0.975. The lowest BCUT2D eigenvalue weighted by atomic mass is 10.2. The molecule has 0 N–H and O–H groups in total. The highest BCUT2D eigenvalue weighted by Gasteiger charge is 2.06. The van der Waals surface area contributed by atoms with Crippen LogP contribution < -0.4 is 4.74 Å². The number of rotatable bonds is 4. The van der Waals surface area contributed by atoms with E-state index in [2.05, 4.69) is 4.74 Å². The first-order chi connectivity index (χ1) is 9.22. The number of benzene rings is 2. The Hall–Kier alpha value is -1.94. The molecule has 0 aliphatic rings. The molecule has 0 bridgehead atoms. The minimum absolute atomic E-state index is 0.372. The molecule has 4 heteroatoms. The van der Waals surface area contributed by atoms with Crippen molar-refractivity contribution >= 4 is 17.7 Å². The third-order valence-corrected chi connectivity index (χ3v) is 3.29. The van der Waals surface area contributed by atoms with E-state index >= 15 is 0 Å². The molecule has 0 unspecified atom stereocenters. The summed E-state index contributed by atoms with van der Waals surface area (Å²) in [7, 11) is 1.36. The van der Waals surface area contributed by atoms with Crippen LogP contribution in [0.15, 0.2) is 53.4 Å². The first kappa shape index (κ1) is 13.5. The molecule has 0 spiro atoms. The Morgan fingerprint density at radius 2 is 1.79 bits per heavy atom. The van der Waals surface area contributed by atoms with Gasteiger partial charge in [-0.15, -0.1) is 11.8 Å². The van der Waals surface area contributed by atoms with Crippen LogP contribution >= 0.6 is 11.8 Å². The summed E-state index contributed by atoms with van der Waals surface area (Å²) >= 11 is 1.68. The quantitative estimate of drug-likeness (QED) is 0.624. The topological polar surface area (TPSA) is 35.5 Å². The molecule has 0 amide bonds. The van der Waals surface area contributed by atoms with E-state index in [1.165, 1.54) is 12.0 Å². The van der Waals surface area contributed by atoms with E-state index in [-0.39, 0.29) is 5.97 Å². The molecule has 98 valence electrons. The van der Waals surface area contributed by atoms with Crippen molar-refractivity contribution in [3.8, 4) is 11.5 Å². The summed E-state index contributed by atoms with van der Waals surface area (Å²) in [6.45, 7) is 0. The Bertz CT molecular complexity index is 564. The third-order valence-electron chi connectivity index (χ3n) is 2.55. The number of thioether (sulfide) groups is 1. The van der Waals surface area contributed by atoms with Gasteiger partial charge in [-0.05, 0) is 48.7 Å². The van der Waals surface area contributed by atoms with Crippen molar-refractivity contribution < 1.29 is 14.3 Å². The zero-order valence-corrected chi connectivity index (χ0v) is 11.6. The van der Waals surface area contributed by atoms with E-state index in [1.807, 2.05) is 30.5 Å². The smallest absolute Gasteiger partial charge is 0.337 e.